The average Bonchev–Trinajstić information content (AvgIpc) is 2.67. The molecule has 2 amide bonds. The number of amides is 2. The van der Waals surface area contributed by atoms with Crippen LogP contribution in [0.2, 0.25) is 0 Å². The Hall–Kier alpha value is -2.86. The van der Waals surface area contributed by atoms with Crippen LogP contribution in [0.25, 0.3) is 0 Å². The third-order valence-electron chi connectivity index (χ3n) is 4.99. The van der Waals surface area contributed by atoms with Crippen LogP contribution >= 0.6 is 0 Å². The topological polar surface area (TPSA) is 64.7 Å². The molecule has 0 aliphatic carbocycles. The van der Waals surface area contributed by atoms with Gasteiger partial charge in [-0.15, -0.1) is 0 Å². The standard InChI is InChI=1S/C22H28N4O2/c1-16(27)23-11-13-26-12-10-17-14-19(9-8-18(17)15-26)24-22(28)20-6-4-5-7-21(20)25(2)3/h4-9,14H,10-13,15H2,1-3H3,(H,23,27)(H,24,28). The molecule has 0 saturated carbocycles. The van der Waals surface area contributed by atoms with Gasteiger partial charge in [0.15, 0.2) is 0 Å². The van der Waals surface area contributed by atoms with Crippen molar-refractivity contribution in [2.45, 2.75) is 19.9 Å². The van der Waals surface area contributed by atoms with Crippen molar-refractivity contribution < 1.29 is 9.59 Å². The lowest BCUT2D eigenvalue weighted by Crippen LogP contribution is -2.37. The Morgan fingerprint density at radius 1 is 1.11 bits per heavy atom. The number of para-hydroxylation sites is 1. The van der Waals surface area contributed by atoms with E-state index in [1.165, 1.54) is 18.1 Å². The normalized spacial score (nSPS) is 13.5. The molecule has 0 fully saturated rings. The highest BCUT2D eigenvalue weighted by Gasteiger charge is 2.18. The third-order valence-corrected chi connectivity index (χ3v) is 4.99. The summed E-state index contributed by atoms with van der Waals surface area (Å²) in [6.45, 7) is 4.88. The summed E-state index contributed by atoms with van der Waals surface area (Å²) in [4.78, 5) is 28.0. The van der Waals surface area contributed by atoms with E-state index < -0.39 is 0 Å². The van der Waals surface area contributed by atoms with Crippen LogP contribution in [0.4, 0.5) is 11.4 Å². The molecule has 3 rings (SSSR count). The molecule has 0 spiro atoms. The van der Waals surface area contributed by atoms with Crippen molar-refractivity contribution in [3.05, 3.63) is 59.2 Å². The van der Waals surface area contributed by atoms with Crippen LogP contribution in [0, 0.1) is 0 Å². The Labute approximate surface area is 166 Å². The number of nitrogens with zero attached hydrogens (tertiary/aromatic N) is 2. The summed E-state index contributed by atoms with van der Waals surface area (Å²) in [5.74, 6) is -0.0920. The largest absolute Gasteiger partial charge is 0.377 e. The number of benzene rings is 2. The lowest BCUT2D eigenvalue weighted by molar-refractivity contribution is -0.119. The zero-order valence-corrected chi connectivity index (χ0v) is 16.8. The number of carbonyl (C=O) groups excluding carboxylic acids is 2. The van der Waals surface area contributed by atoms with E-state index in [9.17, 15) is 9.59 Å². The molecule has 2 aromatic rings. The molecule has 1 heterocycles. The van der Waals surface area contributed by atoms with Gasteiger partial charge >= 0.3 is 0 Å². The van der Waals surface area contributed by atoms with Gasteiger partial charge in [0.2, 0.25) is 5.91 Å². The van der Waals surface area contributed by atoms with Gasteiger partial charge in [-0.3, -0.25) is 14.5 Å². The molecule has 0 saturated heterocycles. The molecule has 0 atom stereocenters. The van der Waals surface area contributed by atoms with Gasteiger partial charge in [-0.25, -0.2) is 0 Å². The summed E-state index contributed by atoms with van der Waals surface area (Å²) in [6, 6.07) is 13.7. The van der Waals surface area contributed by atoms with Gasteiger partial charge in [0.05, 0.1) is 5.56 Å². The van der Waals surface area contributed by atoms with E-state index in [0.717, 1.165) is 37.4 Å². The summed E-state index contributed by atoms with van der Waals surface area (Å²) in [5, 5.41) is 5.88. The zero-order chi connectivity index (χ0) is 20.1. The molecular weight excluding hydrogens is 352 g/mol. The molecule has 6 nitrogen and oxygen atoms in total. The van der Waals surface area contributed by atoms with Crippen LogP contribution in [0.1, 0.15) is 28.4 Å². The highest BCUT2D eigenvalue weighted by atomic mass is 16.2. The van der Waals surface area contributed by atoms with Gasteiger partial charge in [0.1, 0.15) is 0 Å². The number of nitrogens with one attached hydrogen (secondary N) is 2. The number of hydrogen-bond acceptors (Lipinski definition) is 4. The first-order chi connectivity index (χ1) is 13.4. The van der Waals surface area contributed by atoms with Gasteiger partial charge in [-0.2, -0.15) is 0 Å². The van der Waals surface area contributed by atoms with Crippen molar-refractivity contribution in [1.29, 1.82) is 0 Å². The molecule has 1 aliphatic heterocycles. The van der Waals surface area contributed by atoms with Crippen molar-refractivity contribution in [3.63, 3.8) is 0 Å². The summed E-state index contributed by atoms with van der Waals surface area (Å²) >= 11 is 0. The molecule has 1 aliphatic rings. The van der Waals surface area contributed by atoms with E-state index in [0.29, 0.717) is 12.1 Å². The summed E-state index contributed by atoms with van der Waals surface area (Å²) < 4.78 is 0. The minimum atomic E-state index is -0.100. The van der Waals surface area contributed by atoms with E-state index in [2.05, 4.69) is 27.7 Å². The fourth-order valence-electron chi connectivity index (χ4n) is 3.52. The van der Waals surface area contributed by atoms with Crippen molar-refractivity contribution in [1.82, 2.24) is 10.2 Å². The van der Waals surface area contributed by atoms with Crippen LogP contribution in [-0.4, -0.2) is 50.4 Å². The molecule has 6 heteroatoms. The second-order valence-corrected chi connectivity index (χ2v) is 7.36. The first kappa shape index (κ1) is 19.9. The van der Waals surface area contributed by atoms with E-state index >= 15 is 0 Å². The fraction of sp³-hybridized carbons (Fsp3) is 0.364. The number of rotatable bonds is 6. The van der Waals surface area contributed by atoms with Gasteiger partial charge in [-0.1, -0.05) is 18.2 Å². The van der Waals surface area contributed by atoms with Crippen molar-refractivity contribution in [2.75, 3.05) is 43.9 Å². The Kier molecular flexibility index (Phi) is 6.31. The molecule has 0 unspecified atom stereocenters. The molecule has 28 heavy (non-hydrogen) atoms. The van der Waals surface area contributed by atoms with Gasteiger partial charge < -0.3 is 15.5 Å². The Bertz CT molecular complexity index is 863. The maximum Gasteiger partial charge on any atom is 0.257 e. The van der Waals surface area contributed by atoms with Crippen LogP contribution < -0.4 is 15.5 Å². The summed E-state index contributed by atoms with van der Waals surface area (Å²) in [5.41, 5.74) is 4.93. The van der Waals surface area contributed by atoms with Gasteiger partial charge in [0, 0.05) is 58.6 Å². The maximum atomic E-state index is 12.8. The number of carbonyl (C=O) groups is 2. The van der Waals surface area contributed by atoms with Crippen LogP contribution in [0.15, 0.2) is 42.5 Å². The fourth-order valence-corrected chi connectivity index (χ4v) is 3.52. The second-order valence-electron chi connectivity index (χ2n) is 7.36. The highest BCUT2D eigenvalue weighted by Crippen LogP contribution is 2.24. The van der Waals surface area contributed by atoms with Crippen molar-refractivity contribution in [3.8, 4) is 0 Å². The Balaban J connectivity index is 1.65. The predicted octanol–water partition coefficient (Wildman–Crippen LogP) is 2.50. The second kappa shape index (κ2) is 8.89. The van der Waals surface area contributed by atoms with E-state index in [1.807, 2.05) is 49.3 Å². The monoisotopic (exact) mass is 380 g/mol. The molecule has 0 aromatic heterocycles. The lowest BCUT2D eigenvalue weighted by Gasteiger charge is -2.29. The quantitative estimate of drug-likeness (QED) is 0.808. The van der Waals surface area contributed by atoms with E-state index in [1.54, 1.807) is 0 Å². The number of fused-ring (bicyclic) bond motifs is 1. The zero-order valence-electron chi connectivity index (χ0n) is 16.8. The molecule has 148 valence electrons. The predicted molar refractivity (Wildman–Crippen MR) is 113 cm³/mol. The minimum absolute atomic E-state index is 0.00799. The van der Waals surface area contributed by atoms with Crippen LogP contribution in [-0.2, 0) is 17.8 Å². The van der Waals surface area contributed by atoms with E-state index in [-0.39, 0.29) is 11.8 Å². The van der Waals surface area contributed by atoms with Crippen molar-refractivity contribution >= 4 is 23.2 Å². The number of hydrogen-bond donors (Lipinski definition) is 2. The van der Waals surface area contributed by atoms with Gasteiger partial charge in [0.25, 0.3) is 5.91 Å². The third kappa shape index (κ3) is 4.89. The van der Waals surface area contributed by atoms with Crippen molar-refractivity contribution in [2.24, 2.45) is 0 Å². The lowest BCUT2D eigenvalue weighted by atomic mass is 9.99. The SMILES string of the molecule is CC(=O)NCCN1CCc2cc(NC(=O)c3ccccc3N(C)C)ccc2C1. The molecule has 2 N–H and O–H groups in total. The Morgan fingerprint density at radius 2 is 1.89 bits per heavy atom. The van der Waals surface area contributed by atoms with Gasteiger partial charge in [-0.05, 0) is 41.8 Å². The minimum Gasteiger partial charge on any atom is -0.377 e. The average molecular weight is 380 g/mol. The summed E-state index contributed by atoms with van der Waals surface area (Å²) in [6.07, 6.45) is 0.938. The molecular formula is C22H28N4O2. The smallest absolute Gasteiger partial charge is 0.257 e. The molecule has 2 aromatic carbocycles. The molecule has 0 radical (unpaired) electrons. The number of anilines is 2. The van der Waals surface area contributed by atoms with E-state index in [4.69, 9.17) is 0 Å². The maximum absolute atomic E-state index is 12.8. The Morgan fingerprint density at radius 3 is 2.64 bits per heavy atom. The first-order valence-corrected chi connectivity index (χ1v) is 9.60. The highest BCUT2D eigenvalue weighted by molar-refractivity contribution is 6.08. The van der Waals surface area contributed by atoms with Crippen LogP contribution in [0.3, 0.4) is 0 Å². The van der Waals surface area contributed by atoms with Crippen LogP contribution in [0.5, 0.6) is 0 Å². The summed E-state index contributed by atoms with van der Waals surface area (Å²) in [7, 11) is 3.87. The first-order valence-electron chi connectivity index (χ1n) is 9.60. The molecule has 0 bridgehead atoms.